The standard InChI is InChI=1S/C20H26N4O2S/c1-4-11-23(13-15-7-9-17(10-8-15)26-6-3)14-16-12-19(25)24-20(21-16)27-18(5-2)22-24/h7-10,12H,4-6,11,13-14H2,1-3H3. The third-order valence-electron chi connectivity index (χ3n) is 4.21. The fourth-order valence-electron chi connectivity index (χ4n) is 3.00. The molecule has 0 amide bonds. The van der Waals surface area contributed by atoms with E-state index in [0.29, 0.717) is 18.1 Å². The van der Waals surface area contributed by atoms with Crippen LogP contribution < -0.4 is 10.3 Å². The molecule has 0 aliphatic rings. The molecule has 0 fully saturated rings. The molecular weight excluding hydrogens is 360 g/mol. The molecule has 2 aromatic heterocycles. The number of nitrogens with zero attached hydrogens (tertiary/aromatic N) is 4. The first-order valence-electron chi connectivity index (χ1n) is 9.45. The minimum absolute atomic E-state index is 0.108. The summed E-state index contributed by atoms with van der Waals surface area (Å²) in [4.78, 5) is 20.0. The van der Waals surface area contributed by atoms with Crippen molar-refractivity contribution in [2.75, 3.05) is 13.2 Å². The van der Waals surface area contributed by atoms with Crippen LogP contribution in [-0.4, -0.2) is 32.6 Å². The van der Waals surface area contributed by atoms with Crippen LogP contribution in [0.3, 0.4) is 0 Å². The fourth-order valence-corrected chi connectivity index (χ4v) is 3.85. The number of hydrogen-bond donors (Lipinski definition) is 0. The van der Waals surface area contributed by atoms with Crippen molar-refractivity contribution in [2.45, 2.75) is 46.7 Å². The number of hydrogen-bond acceptors (Lipinski definition) is 6. The van der Waals surface area contributed by atoms with Gasteiger partial charge in [-0.25, -0.2) is 4.98 Å². The van der Waals surface area contributed by atoms with Crippen LogP contribution >= 0.6 is 11.3 Å². The second-order valence-electron chi connectivity index (χ2n) is 6.42. The van der Waals surface area contributed by atoms with Gasteiger partial charge in [-0.15, -0.1) is 0 Å². The molecule has 3 rings (SSSR count). The van der Waals surface area contributed by atoms with E-state index in [2.05, 4.69) is 34.0 Å². The maximum Gasteiger partial charge on any atom is 0.275 e. The molecule has 1 aromatic carbocycles. The molecule has 27 heavy (non-hydrogen) atoms. The van der Waals surface area contributed by atoms with E-state index in [4.69, 9.17) is 4.74 Å². The van der Waals surface area contributed by atoms with Gasteiger partial charge in [0.2, 0.25) is 4.96 Å². The van der Waals surface area contributed by atoms with Gasteiger partial charge < -0.3 is 4.74 Å². The van der Waals surface area contributed by atoms with Crippen molar-refractivity contribution in [1.82, 2.24) is 19.5 Å². The zero-order valence-corrected chi connectivity index (χ0v) is 17.0. The van der Waals surface area contributed by atoms with Gasteiger partial charge in [-0.05, 0) is 44.0 Å². The van der Waals surface area contributed by atoms with Gasteiger partial charge in [0.25, 0.3) is 5.56 Å². The van der Waals surface area contributed by atoms with Crippen molar-refractivity contribution in [1.29, 1.82) is 0 Å². The van der Waals surface area contributed by atoms with Gasteiger partial charge in [-0.2, -0.15) is 9.61 Å². The number of fused-ring (bicyclic) bond motifs is 1. The summed E-state index contributed by atoms with van der Waals surface area (Å²) < 4.78 is 6.92. The number of aromatic nitrogens is 3. The van der Waals surface area contributed by atoms with E-state index >= 15 is 0 Å². The Hall–Kier alpha value is -2.25. The van der Waals surface area contributed by atoms with Crippen LogP contribution in [0.2, 0.25) is 0 Å². The van der Waals surface area contributed by atoms with Crippen LogP contribution in [0.25, 0.3) is 4.96 Å². The highest BCUT2D eigenvalue weighted by atomic mass is 32.1. The maximum atomic E-state index is 12.4. The van der Waals surface area contributed by atoms with Crippen LogP contribution in [0.5, 0.6) is 5.75 Å². The number of aryl methyl sites for hydroxylation is 1. The SMILES string of the molecule is CCCN(Cc1ccc(OCC)cc1)Cc1cc(=O)n2nc(CC)sc2n1. The number of benzene rings is 1. The molecule has 6 nitrogen and oxygen atoms in total. The predicted molar refractivity (Wildman–Crippen MR) is 109 cm³/mol. The highest BCUT2D eigenvalue weighted by molar-refractivity contribution is 7.16. The topological polar surface area (TPSA) is 59.7 Å². The van der Waals surface area contributed by atoms with E-state index < -0.39 is 0 Å². The van der Waals surface area contributed by atoms with Crippen LogP contribution in [0.15, 0.2) is 35.1 Å². The zero-order chi connectivity index (χ0) is 19.2. The maximum absolute atomic E-state index is 12.4. The van der Waals surface area contributed by atoms with Gasteiger partial charge in [-0.1, -0.05) is 37.3 Å². The Bertz CT molecular complexity index is 933. The van der Waals surface area contributed by atoms with Crippen molar-refractivity contribution in [2.24, 2.45) is 0 Å². The number of ether oxygens (including phenoxy) is 1. The summed E-state index contributed by atoms with van der Waals surface area (Å²) in [6.45, 7) is 9.24. The van der Waals surface area contributed by atoms with Crippen molar-refractivity contribution < 1.29 is 4.74 Å². The summed E-state index contributed by atoms with van der Waals surface area (Å²) in [5.74, 6) is 0.889. The van der Waals surface area contributed by atoms with Crippen molar-refractivity contribution >= 4 is 16.3 Å². The average Bonchev–Trinajstić information content (AvgIpc) is 3.08. The lowest BCUT2D eigenvalue weighted by molar-refractivity contribution is 0.254. The number of rotatable bonds is 9. The molecule has 0 saturated heterocycles. The van der Waals surface area contributed by atoms with Gasteiger partial charge in [-0.3, -0.25) is 9.69 Å². The molecule has 0 spiro atoms. The lowest BCUT2D eigenvalue weighted by Crippen LogP contribution is -2.26. The van der Waals surface area contributed by atoms with E-state index in [0.717, 1.165) is 42.4 Å². The van der Waals surface area contributed by atoms with E-state index in [-0.39, 0.29) is 5.56 Å². The molecule has 3 aromatic rings. The summed E-state index contributed by atoms with van der Waals surface area (Å²) >= 11 is 1.48. The zero-order valence-electron chi connectivity index (χ0n) is 16.1. The first kappa shape index (κ1) is 19.5. The summed E-state index contributed by atoms with van der Waals surface area (Å²) in [6, 6.07) is 9.80. The van der Waals surface area contributed by atoms with Crippen molar-refractivity contribution in [3.63, 3.8) is 0 Å². The molecule has 0 atom stereocenters. The molecule has 0 aliphatic carbocycles. The lowest BCUT2D eigenvalue weighted by Gasteiger charge is -2.21. The first-order chi connectivity index (χ1) is 13.1. The van der Waals surface area contributed by atoms with Gasteiger partial charge in [0.15, 0.2) is 0 Å². The van der Waals surface area contributed by atoms with Crippen LogP contribution in [0, 0.1) is 0 Å². The molecular formula is C20H26N4O2S. The minimum atomic E-state index is -0.108. The Morgan fingerprint density at radius 1 is 1.15 bits per heavy atom. The molecule has 0 saturated carbocycles. The average molecular weight is 387 g/mol. The summed E-state index contributed by atoms with van der Waals surface area (Å²) in [7, 11) is 0. The van der Waals surface area contributed by atoms with E-state index in [1.807, 2.05) is 26.0 Å². The third kappa shape index (κ3) is 4.93. The van der Waals surface area contributed by atoms with E-state index in [1.54, 1.807) is 6.07 Å². The monoisotopic (exact) mass is 386 g/mol. The molecule has 0 radical (unpaired) electrons. The molecule has 0 bridgehead atoms. The Balaban J connectivity index is 1.77. The van der Waals surface area contributed by atoms with Gasteiger partial charge >= 0.3 is 0 Å². The van der Waals surface area contributed by atoms with Gasteiger partial charge in [0.1, 0.15) is 10.8 Å². The molecule has 7 heteroatoms. The van der Waals surface area contributed by atoms with Crippen molar-refractivity contribution in [3.05, 3.63) is 57.0 Å². The quantitative estimate of drug-likeness (QED) is 0.563. The van der Waals surface area contributed by atoms with Gasteiger partial charge in [0.05, 0.1) is 12.3 Å². The van der Waals surface area contributed by atoms with E-state index in [9.17, 15) is 4.79 Å². The highest BCUT2D eigenvalue weighted by Gasteiger charge is 2.12. The molecule has 144 valence electrons. The normalized spacial score (nSPS) is 11.4. The first-order valence-corrected chi connectivity index (χ1v) is 10.3. The Kier molecular flexibility index (Phi) is 6.58. The molecule has 0 unspecified atom stereocenters. The van der Waals surface area contributed by atoms with E-state index in [1.165, 1.54) is 21.4 Å². The Morgan fingerprint density at radius 2 is 1.93 bits per heavy atom. The fraction of sp³-hybridized carbons (Fsp3) is 0.450. The molecule has 0 N–H and O–H groups in total. The largest absolute Gasteiger partial charge is 0.494 e. The third-order valence-corrected chi connectivity index (χ3v) is 5.26. The van der Waals surface area contributed by atoms with Crippen LogP contribution in [0.4, 0.5) is 0 Å². The molecule has 0 aliphatic heterocycles. The highest BCUT2D eigenvalue weighted by Crippen LogP contribution is 2.16. The summed E-state index contributed by atoms with van der Waals surface area (Å²) in [5.41, 5.74) is 1.91. The lowest BCUT2D eigenvalue weighted by atomic mass is 10.2. The smallest absolute Gasteiger partial charge is 0.275 e. The second-order valence-corrected chi connectivity index (χ2v) is 7.46. The predicted octanol–water partition coefficient (Wildman–Crippen LogP) is 3.52. The second kappa shape index (κ2) is 9.10. The van der Waals surface area contributed by atoms with Crippen LogP contribution in [0.1, 0.15) is 43.5 Å². The van der Waals surface area contributed by atoms with Crippen molar-refractivity contribution in [3.8, 4) is 5.75 Å². The summed E-state index contributed by atoms with van der Waals surface area (Å²) in [6.07, 6.45) is 1.85. The van der Waals surface area contributed by atoms with Gasteiger partial charge in [0, 0.05) is 19.2 Å². The summed E-state index contributed by atoms with van der Waals surface area (Å²) in [5, 5.41) is 5.24. The molecule has 2 heterocycles. The Labute approximate surface area is 163 Å². The Morgan fingerprint density at radius 3 is 2.59 bits per heavy atom. The van der Waals surface area contributed by atoms with Crippen LogP contribution in [-0.2, 0) is 19.5 Å². The minimum Gasteiger partial charge on any atom is -0.494 e.